The van der Waals surface area contributed by atoms with E-state index in [0.717, 1.165) is 6.42 Å². The molecular formula is C15H17NO. The maximum Gasteiger partial charge on any atom is 0.0468 e. The Morgan fingerprint density at radius 2 is 1.94 bits per heavy atom. The summed E-state index contributed by atoms with van der Waals surface area (Å²) in [6.45, 7) is 0.862. The lowest BCUT2D eigenvalue weighted by atomic mass is 9.91. The fraction of sp³-hybridized carbons (Fsp3) is 0.333. The molecule has 1 fully saturated rings. The van der Waals surface area contributed by atoms with Crippen molar-refractivity contribution in [3.8, 4) is 0 Å². The molecule has 0 amide bonds. The van der Waals surface area contributed by atoms with Crippen molar-refractivity contribution in [2.45, 2.75) is 11.8 Å². The van der Waals surface area contributed by atoms with Crippen molar-refractivity contribution < 1.29 is 5.11 Å². The third kappa shape index (κ3) is 1.56. The lowest BCUT2D eigenvalue weighted by molar-refractivity contribution is 0.264. The Kier molecular flexibility index (Phi) is 2.42. The molecule has 0 heterocycles. The van der Waals surface area contributed by atoms with Crippen molar-refractivity contribution in [2.24, 2.45) is 11.7 Å². The van der Waals surface area contributed by atoms with Gasteiger partial charge in [0.15, 0.2) is 0 Å². The number of rotatable bonds is 3. The van der Waals surface area contributed by atoms with Crippen LogP contribution in [-0.2, 0) is 5.41 Å². The maximum absolute atomic E-state index is 9.29. The first kappa shape index (κ1) is 10.8. The van der Waals surface area contributed by atoms with Gasteiger partial charge in [-0.3, -0.25) is 0 Å². The monoisotopic (exact) mass is 227 g/mol. The largest absolute Gasteiger partial charge is 0.396 e. The molecule has 3 N–H and O–H groups in total. The molecule has 0 bridgehead atoms. The first-order valence-corrected chi connectivity index (χ1v) is 6.10. The van der Waals surface area contributed by atoms with E-state index in [1.165, 1.54) is 16.3 Å². The van der Waals surface area contributed by atoms with Crippen LogP contribution in [0.5, 0.6) is 0 Å². The van der Waals surface area contributed by atoms with Crippen molar-refractivity contribution in [2.75, 3.05) is 13.2 Å². The van der Waals surface area contributed by atoms with Crippen LogP contribution in [0.1, 0.15) is 12.0 Å². The second-order valence-corrected chi connectivity index (χ2v) is 5.01. The Morgan fingerprint density at radius 1 is 1.18 bits per heavy atom. The van der Waals surface area contributed by atoms with Crippen molar-refractivity contribution >= 4 is 10.8 Å². The third-order valence-corrected chi connectivity index (χ3v) is 4.14. The molecule has 2 heteroatoms. The van der Waals surface area contributed by atoms with E-state index < -0.39 is 0 Å². The molecule has 3 rings (SSSR count). The van der Waals surface area contributed by atoms with Gasteiger partial charge >= 0.3 is 0 Å². The predicted molar refractivity (Wildman–Crippen MR) is 69.9 cm³/mol. The van der Waals surface area contributed by atoms with Gasteiger partial charge in [-0.15, -0.1) is 0 Å². The molecule has 2 aromatic rings. The minimum absolute atomic E-state index is 0.0266. The average Bonchev–Trinajstić information content (AvgIpc) is 3.13. The van der Waals surface area contributed by atoms with Crippen molar-refractivity contribution in [3.05, 3.63) is 48.0 Å². The molecule has 1 saturated carbocycles. The smallest absolute Gasteiger partial charge is 0.0468 e. The highest BCUT2D eigenvalue weighted by Crippen LogP contribution is 2.53. The standard InChI is InChI=1S/C15H17NO/c16-10-15(8-14(15)9-17)13-6-5-11-3-1-2-4-12(11)7-13/h1-7,14,17H,8-10,16H2/t14-,15+/m0/s1. The number of aliphatic hydroxyl groups excluding tert-OH is 1. The summed E-state index contributed by atoms with van der Waals surface area (Å²) in [6.07, 6.45) is 1.01. The molecule has 88 valence electrons. The Labute approximate surface area is 101 Å². The number of nitrogens with two attached hydrogens (primary N) is 1. The highest BCUT2D eigenvalue weighted by molar-refractivity contribution is 5.83. The molecule has 0 aromatic heterocycles. The fourth-order valence-electron chi connectivity index (χ4n) is 2.84. The summed E-state index contributed by atoms with van der Waals surface area (Å²) in [4.78, 5) is 0. The van der Waals surface area contributed by atoms with E-state index in [-0.39, 0.29) is 12.0 Å². The normalized spacial score (nSPS) is 27.3. The van der Waals surface area contributed by atoms with Gasteiger partial charge in [0.25, 0.3) is 0 Å². The third-order valence-electron chi connectivity index (χ3n) is 4.14. The van der Waals surface area contributed by atoms with E-state index in [9.17, 15) is 5.11 Å². The van der Waals surface area contributed by atoms with Crippen LogP contribution >= 0.6 is 0 Å². The molecule has 1 aliphatic carbocycles. The van der Waals surface area contributed by atoms with Crippen LogP contribution < -0.4 is 5.73 Å². The predicted octanol–water partition coefficient (Wildman–Crippen LogP) is 2.05. The Balaban J connectivity index is 2.07. The Bertz CT molecular complexity index is 551. The molecule has 2 atom stereocenters. The molecule has 1 aliphatic rings. The van der Waals surface area contributed by atoms with Gasteiger partial charge in [0.2, 0.25) is 0 Å². The maximum atomic E-state index is 9.29. The molecule has 17 heavy (non-hydrogen) atoms. The average molecular weight is 227 g/mol. The zero-order valence-corrected chi connectivity index (χ0v) is 9.76. The highest BCUT2D eigenvalue weighted by atomic mass is 16.3. The summed E-state index contributed by atoms with van der Waals surface area (Å²) >= 11 is 0. The lowest BCUT2D eigenvalue weighted by Gasteiger charge is -2.15. The van der Waals surface area contributed by atoms with Crippen molar-refractivity contribution in [1.82, 2.24) is 0 Å². The van der Waals surface area contributed by atoms with Crippen LogP contribution in [0.25, 0.3) is 10.8 Å². The molecule has 0 spiro atoms. The molecule has 0 saturated heterocycles. The van der Waals surface area contributed by atoms with E-state index >= 15 is 0 Å². The zero-order chi connectivity index (χ0) is 11.9. The molecule has 2 nitrogen and oxygen atoms in total. The topological polar surface area (TPSA) is 46.2 Å². The second kappa shape index (κ2) is 3.83. The number of hydrogen-bond acceptors (Lipinski definition) is 2. The molecule has 0 unspecified atom stereocenters. The number of hydrogen-bond donors (Lipinski definition) is 2. The van der Waals surface area contributed by atoms with Crippen LogP contribution in [0.3, 0.4) is 0 Å². The zero-order valence-electron chi connectivity index (χ0n) is 9.76. The van der Waals surface area contributed by atoms with Crippen LogP contribution in [0.2, 0.25) is 0 Å². The number of fused-ring (bicyclic) bond motifs is 1. The lowest BCUT2D eigenvalue weighted by Crippen LogP contribution is -2.23. The summed E-state index contributed by atoms with van der Waals surface area (Å²) in [5.41, 5.74) is 7.20. The molecule has 2 aromatic carbocycles. The van der Waals surface area contributed by atoms with E-state index in [4.69, 9.17) is 5.73 Å². The second-order valence-electron chi connectivity index (χ2n) is 5.01. The van der Waals surface area contributed by atoms with Gasteiger partial charge < -0.3 is 10.8 Å². The first-order valence-electron chi connectivity index (χ1n) is 6.10. The van der Waals surface area contributed by atoms with Crippen molar-refractivity contribution in [1.29, 1.82) is 0 Å². The fourth-order valence-corrected chi connectivity index (χ4v) is 2.84. The minimum atomic E-state index is 0.0266. The summed E-state index contributed by atoms with van der Waals surface area (Å²) in [6, 6.07) is 14.9. The van der Waals surface area contributed by atoms with Gasteiger partial charge in [0.05, 0.1) is 0 Å². The van der Waals surface area contributed by atoms with Gasteiger partial charge in [-0.1, -0.05) is 42.5 Å². The number of aliphatic hydroxyl groups is 1. The van der Waals surface area contributed by atoms with Crippen molar-refractivity contribution in [3.63, 3.8) is 0 Å². The minimum Gasteiger partial charge on any atom is -0.396 e. The van der Waals surface area contributed by atoms with Gasteiger partial charge in [-0.05, 0) is 28.7 Å². The van der Waals surface area contributed by atoms with Crippen LogP contribution in [0.15, 0.2) is 42.5 Å². The van der Waals surface area contributed by atoms with Crippen LogP contribution in [0.4, 0.5) is 0 Å². The van der Waals surface area contributed by atoms with Gasteiger partial charge in [-0.2, -0.15) is 0 Å². The van der Waals surface area contributed by atoms with Gasteiger partial charge in [0, 0.05) is 18.6 Å². The highest BCUT2D eigenvalue weighted by Gasteiger charge is 2.53. The van der Waals surface area contributed by atoms with Crippen LogP contribution in [0, 0.1) is 5.92 Å². The summed E-state index contributed by atoms with van der Waals surface area (Å²) < 4.78 is 0. The van der Waals surface area contributed by atoms with E-state index in [0.29, 0.717) is 12.5 Å². The molecular weight excluding hydrogens is 210 g/mol. The van der Waals surface area contributed by atoms with E-state index in [2.05, 4.69) is 36.4 Å². The Morgan fingerprint density at radius 3 is 2.59 bits per heavy atom. The first-order chi connectivity index (χ1) is 8.30. The van der Waals surface area contributed by atoms with Gasteiger partial charge in [0.1, 0.15) is 0 Å². The molecule has 0 aliphatic heterocycles. The summed E-state index contributed by atoms with van der Waals surface area (Å²) in [5, 5.41) is 11.8. The van der Waals surface area contributed by atoms with E-state index in [1.807, 2.05) is 6.07 Å². The SMILES string of the molecule is NC[C@@]1(c2ccc3ccccc3c2)C[C@H]1CO. The van der Waals surface area contributed by atoms with Gasteiger partial charge in [-0.25, -0.2) is 0 Å². The number of benzene rings is 2. The van der Waals surface area contributed by atoms with Crippen LogP contribution in [-0.4, -0.2) is 18.3 Å². The molecule has 0 radical (unpaired) electrons. The quantitative estimate of drug-likeness (QED) is 0.843. The van der Waals surface area contributed by atoms with E-state index in [1.54, 1.807) is 0 Å². The Hall–Kier alpha value is -1.38. The summed E-state index contributed by atoms with van der Waals surface area (Å²) in [7, 11) is 0. The summed E-state index contributed by atoms with van der Waals surface area (Å²) in [5.74, 6) is 0.341.